The van der Waals surface area contributed by atoms with Crippen LogP contribution in [0.4, 0.5) is 0 Å². The number of piperidine rings is 1. The van der Waals surface area contributed by atoms with E-state index < -0.39 is 0 Å². The Morgan fingerprint density at radius 3 is 2.71 bits per heavy atom. The Morgan fingerprint density at radius 1 is 1.43 bits per heavy atom. The number of carbonyl (C=O) groups excluding carboxylic acids is 1. The SMILES string of the molecule is CNCC1CCN(C(=O)CCCc2ccc(Br)s2)CC1.Cl. The van der Waals surface area contributed by atoms with E-state index in [-0.39, 0.29) is 12.4 Å². The maximum Gasteiger partial charge on any atom is 0.222 e. The number of amides is 1. The molecule has 2 heterocycles. The number of likely N-dealkylation sites (tertiary alicyclic amines) is 1. The lowest BCUT2D eigenvalue weighted by molar-refractivity contribution is -0.132. The second-order valence-electron chi connectivity index (χ2n) is 5.44. The van der Waals surface area contributed by atoms with Crippen LogP contribution in [0.2, 0.25) is 0 Å². The molecule has 1 aliphatic heterocycles. The molecule has 6 heteroatoms. The third kappa shape index (κ3) is 6.27. The summed E-state index contributed by atoms with van der Waals surface area (Å²) >= 11 is 5.24. The van der Waals surface area contributed by atoms with E-state index in [1.54, 1.807) is 11.3 Å². The lowest BCUT2D eigenvalue weighted by atomic mass is 9.96. The fourth-order valence-corrected chi connectivity index (χ4v) is 4.26. The quantitative estimate of drug-likeness (QED) is 0.796. The molecule has 0 radical (unpaired) electrons. The van der Waals surface area contributed by atoms with Crippen molar-refractivity contribution < 1.29 is 4.79 Å². The second kappa shape index (κ2) is 9.82. The second-order valence-corrected chi connectivity index (χ2v) is 7.99. The van der Waals surface area contributed by atoms with Crippen molar-refractivity contribution in [1.29, 1.82) is 0 Å². The predicted octanol–water partition coefficient (Wildman–Crippen LogP) is 3.71. The summed E-state index contributed by atoms with van der Waals surface area (Å²) in [5.41, 5.74) is 0. The molecule has 1 saturated heterocycles. The average molecular weight is 396 g/mol. The van der Waals surface area contributed by atoms with Crippen LogP contribution < -0.4 is 5.32 Å². The average Bonchev–Trinajstić information content (AvgIpc) is 2.85. The van der Waals surface area contributed by atoms with E-state index in [0.29, 0.717) is 12.3 Å². The summed E-state index contributed by atoms with van der Waals surface area (Å²) in [5, 5.41) is 3.23. The van der Waals surface area contributed by atoms with Gasteiger partial charge in [0, 0.05) is 24.4 Å². The van der Waals surface area contributed by atoms with E-state index in [1.807, 2.05) is 7.05 Å². The number of nitrogens with zero attached hydrogens (tertiary/aromatic N) is 1. The van der Waals surface area contributed by atoms with Crippen molar-refractivity contribution in [2.75, 3.05) is 26.7 Å². The van der Waals surface area contributed by atoms with Gasteiger partial charge < -0.3 is 10.2 Å². The number of hydrogen-bond acceptors (Lipinski definition) is 3. The Labute approximate surface area is 146 Å². The Bertz CT molecular complexity index is 433. The third-order valence-electron chi connectivity index (χ3n) is 3.90. The number of thiophene rings is 1. The zero-order chi connectivity index (χ0) is 14.4. The first kappa shape index (κ1) is 18.9. The van der Waals surface area contributed by atoms with Gasteiger partial charge in [0.15, 0.2) is 0 Å². The van der Waals surface area contributed by atoms with E-state index in [9.17, 15) is 4.79 Å². The van der Waals surface area contributed by atoms with Gasteiger partial charge in [-0.15, -0.1) is 23.7 Å². The fourth-order valence-electron chi connectivity index (χ4n) is 2.73. The summed E-state index contributed by atoms with van der Waals surface area (Å²) < 4.78 is 1.17. The molecule has 0 atom stereocenters. The van der Waals surface area contributed by atoms with Gasteiger partial charge in [0.2, 0.25) is 5.91 Å². The van der Waals surface area contributed by atoms with Crippen molar-refractivity contribution in [2.45, 2.75) is 32.1 Å². The summed E-state index contributed by atoms with van der Waals surface area (Å²) in [4.78, 5) is 15.6. The van der Waals surface area contributed by atoms with Gasteiger partial charge in [0.1, 0.15) is 0 Å². The van der Waals surface area contributed by atoms with Crippen molar-refractivity contribution in [3.63, 3.8) is 0 Å². The molecule has 0 unspecified atom stereocenters. The Balaban J connectivity index is 0.00000220. The lowest BCUT2D eigenvalue weighted by Crippen LogP contribution is -2.40. The highest BCUT2D eigenvalue weighted by atomic mass is 79.9. The van der Waals surface area contributed by atoms with E-state index in [1.165, 1.54) is 8.66 Å². The molecule has 0 bridgehead atoms. The smallest absolute Gasteiger partial charge is 0.222 e. The van der Waals surface area contributed by atoms with Crippen LogP contribution in [0.5, 0.6) is 0 Å². The normalized spacial score (nSPS) is 15.8. The summed E-state index contributed by atoms with van der Waals surface area (Å²) in [6, 6.07) is 4.22. The van der Waals surface area contributed by atoms with Crippen LogP contribution in [-0.4, -0.2) is 37.5 Å². The van der Waals surface area contributed by atoms with Crippen LogP contribution in [0.3, 0.4) is 0 Å². The number of halogens is 2. The molecule has 2 rings (SSSR count). The van der Waals surface area contributed by atoms with Crippen LogP contribution in [0.15, 0.2) is 15.9 Å². The number of nitrogens with one attached hydrogen (secondary N) is 1. The first-order valence-corrected chi connectivity index (χ1v) is 8.96. The summed E-state index contributed by atoms with van der Waals surface area (Å²) in [5.74, 6) is 1.08. The maximum atomic E-state index is 12.2. The zero-order valence-corrected chi connectivity index (χ0v) is 15.7. The van der Waals surface area contributed by atoms with Gasteiger partial charge in [-0.1, -0.05) is 0 Å². The zero-order valence-electron chi connectivity index (χ0n) is 12.4. The van der Waals surface area contributed by atoms with Gasteiger partial charge in [0.05, 0.1) is 3.79 Å². The molecule has 1 aliphatic rings. The Kier molecular flexibility index (Phi) is 8.86. The largest absolute Gasteiger partial charge is 0.343 e. The fraction of sp³-hybridized carbons (Fsp3) is 0.667. The molecule has 1 fully saturated rings. The molecule has 0 saturated carbocycles. The first-order chi connectivity index (χ1) is 9.69. The minimum absolute atomic E-state index is 0. The maximum absolute atomic E-state index is 12.2. The summed E-state index contributed by atoms with van der Waals surface area (Å²) in [7, 11) is 2.00. The van der Waals surface area contributed by atoms with Crippen molar-refractivity contribution in [3.8, 4) is 0 Å². The molecule has 3 nitrogen and oxygen atoms in total. The van der Waals surface area contributed by atoms with Crippen molar-refractivity contribution in [1.82, 2.24) is 10.2 Å². The highest BCUT2D eigenvalue weighted by Crippen LogP contribution is 2.24. The van der Waals surface area contributed by atoms with E-state index in [4.69, 9.17) is 0 Å². The highest BCUT2D eigenvalue weighted by molar-refractivity contribution is 9.11. The first-order valence-electron chi connectivity index (χ1n) is 7.35. The topological polar surface area (TPSA) is 32.3 Å². The molecule has 0 aromatic carbocycles. The van der Waals surface area contributed by atoms with Gasteiger partial charge >= 0.3 is 0 Å². The molecular weight excluding hydrogens is 372 g/mol. The van der Waals surface area contributed by atoms with Crippen molar-refractivity contribution in [2.24, 2.45) is 5.92 Å². The molecule has 1 N–H and O–H groups in total. The highest BCUT2D eigenvalue weighted by Gasteiger charge is 2.21. The van der Waals surface area contributed by atoms with Crippen LogP contribution in [0.1, 0.15) is 30.6 Å². The molecule has 21 heavy (non-hydrogen) atoms. The molecule has 0 aliphatic carbocycles. The van der Waals surface area contributed by atoms with Gasteiger partial charge in [-0.05, 0) is 73.3 Å². The van der Waals surface area contributed by atoms with E-state index in [2.05, 4.69) is 38.3 Å². The molecular formula is C15H24BrClN2OS. The molecule has 1 aromatic rings. The number of hydrogen-bond donors (Lipinski definition) is 1. The Morgan fingerprint density at radius 2 is 2.14 bits per heavy atom. The van der Waals surface area contributed by atoms with E-state index in [0.717, 1.165) is 51.2 Å². The van der Waals surface area contributed by atoms with Gasteiger partial charge in [-0.2, -0.15) is 0 Å². The van der Waals surface area contributed by atoms with Gasteiger partial charge in [0.25, 0.3) is 0 Å². The van der Waals surface area contributed by atoms with Crippen molar-refractivity contribution in [3.05, 3.63) is 20.8 Å². The Hall–Kier alpha value is -0.100. The standard InChI is InChI=1S/C15H23BrN2OS.ClH/c1-17-11-12-7-9-18(10-8-12)15(19)4-2-3-13-5-6-14(16)20-13;/h5-6,12,17H,2-4,7-11H2,1H3;1H. The van der Waals surface area contributed by atoms with Gasteiger partial charge in [-0.25, -0.2) is 0 Å². The summed E-state index contributed by atoms with van der Waals surface area (Å²) in [6.07, 6.45) is 4.95. The molecule has 1 aromatic heterocycles. The molecule has 0 spiro atoms. The van der Waals surface area contributed by atoms with Gasteiger partial charge in [-0.3, -0.25) is 4.79 Å². The van der Waals surface area contributed by atoms with Crippen LogP contribution in [0, 0.1) is 5.92 Å². The number of aryl methyl sites for hydroxylation is 1. The van der Waals surface area contributed by atoms with Crippen molar-refractivity contribution >= 4 is 45.6 Å². The predicted molar refractivity (Wildman–Crippen MR) is 95.4 cm³/mol. The van der Waals surface area contributed by atoms with Crippen LogP contribution >= 0.6 is 39.7 Å². The molecule has 1 amide bonds. The summed E-state index contributed by atoms with van der Waals surface area (Å²) in [6.45, 7) is 2.96. The minimum Gasteiger partial charge on any atom is -0.343 e. The number of rotatable bonds is 6. The molecule has 120 valence electrons. The van der Waals surface area contributed by atoms with E-state index >= 15 is 0 Å². The van der Waals surface area contributed by atoms with Crippen LogP contribution in [0.25, 0.3) is 0 Å². The van der Waals surface area contributed by atoms with Crippen LogP contribution in [-0.2, 0) is 11.2 Å². The third-order valence-corrected chi connectivity index (χ3v) is 5.59. The number of carbonyl (C=O) groups is 1. The monoisotopic (exact) mass is 394 g/mol. The lowest BCUT2D eigenvalue weighted by Gasteiger charge is -2.32. The minimum atomic E-state index is 0.